The molecule has 2 N–H and O–H groups in total. The maximum Gasteiger partial charge on any atom is 0.421 e. The zero-order chi connectivity index (χ0) is 14.4. The average Bonchev–Trinajstić information content (AvgIpc) is 2.69. The number of benzene rings is 1. The van der Waals surface area contributed by atoms with Gasteiger partial charge in [0.25, 0.3) is 0 Å². The first kappa shape index (κ1) is 14.0. The lowest BCUT2D eigenvalue weighted by Gasteiger charge is -2.16. The van der Waals surface area contributed by atoms with Crippen molar-refractivity contribution in [2.24, 2.45) is 0 Å². The van der Waals surface area contributed by atoms with Gasteiger partial charge in [-0.3, -0.25) is 0 Å². The summed E-state index contributed by atoms with van der Waals surface area (Å²) in [6.45, 7) is 0. The van der Waals surface area contributed by atoms with E-state index in [0.717, 1.165) is 10.7 Å². The molecule has 1 heterocycles. The van der Waals surface area contributed by atoms with Crippen LogP contribution < -0.4 is 5.73 Å². The second-order valence-electron chi connectivity index (χ2n) is 3.55. The first-order chi connectivity index (χ1) is 8.73. The van der Waals surface area contributed by atoms with Gasteiger partial charge in [-0.2, -0.15) is 18.3 Å². The van der Waals surface area contributed by atoms with Crippen molar-refractivity contribution < 1.29 is 17.6 Å². The Morgan fingerprint density at radius 2 is 1.89 bits per heavy atom. The van der Waals surface area contributed by atoms with Crippen molar-refractivity contribution in [3.05, 3.63) is 39.8 Å². The van der Waals surface area contributed by atoms with Gasteiger partial charge < -0.3 is 5.73 Å². The lowest BCUT2D eigenvalue weighted by molar-refractivity contribution is -0.139. The van der Waals surface area contributed by atoms with Crippen LogP contribution in [0.4, 0.5) is 23.4 Å². The fourth-order valence-electron chi connectivity index (χ4n) is 1.53. The van der Waals surface area contributed by atoms with Gasteiger partial charge in [0.05, 0.1) is 21.9 Å². The van der Waals surface area contributed by atoms with Crippen LogP contribution in [0.5, 0.6) is 0 Å². The van der Waals surface area contributed by atoms with Crippen molar-refractivity contribution in [1.29, 1.82) is 0 Å². The van der Waals surface area contributed by atoms with Crippen LogP contribution in [-0.4, -0.2) is 9.78 Å². The SMILES string of the molecule is Nc1ccnn1-c1cc(Cl)c(Cl)c(F)c1C(F)(F)F. The molecule has 102 valence electrons. The highest BCUT2D eigenvalue weighted by atomic mass is 35.5. The predicted octanol–water partition coefficient (Wildman–Crippen LogP) is 3.92. The molecule has 3 nitrogen and oxygen atoms in total. The molecule has 1 aromatic carbocycles. The lowest BCUT2D eigenvalue weighted by Crippen LogP contribution is -2.16. The van der Waals surface area contributed by atoms with E-state index in [-0.39, 0.29) is 10.8 Å². The number of nitrogen functional groups attached to an aromatic ring is 1. The molecule has 0 aliphatic carbocycles. The van der Waals surface area contributed by atoms with Crippen LogP contribution in [0.2, 0.25) is 10.0 Å². The maximum absolute atomic E-state index is 13.7. The Hall–Kier alpha value is -1.47. The third kappa shape index (κ3) is 2.35. The highest BCUT2D eigenvalue weighted by molar-refractivity contribution is 6.42. The van der Waals surface area contributed by atoms with Gasteiger partial charge in [0.15, 0.2) is 5.82 Å². The van der Waals surface area contributed by atoms with Crippen molar-refractivity contribution >= 4 is 29.0 Å². The first-order valence-electron chi connectivity index (χ1n) is 4.78. The molecule has 0 spiro atoms. The minimum Gasteiger partial charge on any atom is -0.384 e. The minimum atomic E-state index is -4.97. The molecular formula is C10H5Cl2F4N3. The summed E-state index contributed by atoms with van der Waals surface area (Å²) in [4.78, 5) is 0. The van der Waals surface area contributed by atoms with Gasteiger partial charge in [-0.15, -0.1) is 0 Å². The van der Waals surface area contributed by atoms with Crippen molar-refractivity contribution in [2.45, 2.75) is 6.18 Å². The fourth-order valence-corrected chi connectivity index (χ4v) is 1.87. The summed E-state index contributed by atoms with van der Waals surface area (Å²) >= 11 is 11.0. The van der Waals surface area contributed by atoms with Crippen molar-refractivity contribution in [1.82, 2.24) is 9.78 Å². The van der Waals surface area contributed by atoms with Crippen molar-refractivity contribution in [3.63, 3.8) is 0 Å². The summed E-state index contributed by atoms with van der Waals surface area (Å²) in [6, 6.07) is 2.12. The summed E-state index contributed by atoms with van der Waals surface area (Å²) in [7, 11) is 0. The molecule has 0 aliphatic heterocycles. The van der Waals surface area contributed by atoms with Gasteiger partial charge in [-0.25, -0.2) is 9.07 Å². The highest BCUT2D eigenvalue weighted by Gasteiger charge is 2.39. The Kier molecular flexibility index (Phi) is 3.36. The van der Waals surface area contributed by atoms with Crippen LogP contribution in [0.1, 0.15) is 5.56 Å². The van der Waals surface area contributed by atoms with Crippen molar-refractivity contribution in [3.8, 4) is 5.69 Å². The Balaban J connectivity index is 2.84. The van der Waals surface area contributed by atoms with Gasteiger partial charge in [0.2, 0.25) is 0 Å². The molecule has 0 saturated carbocycles. The quantitative estimate of drug-likeness (QED) is 0.640. The van der Waals surface area contributed by atoms with Gasteiger partial charge in [0, 0.05) is 6.07 Å². The molecule has 1 aromatic heterocycles. The van der Waals surface area contributed by atoms with Gasteiger partial charge in [-0.05, 0) is 6.07 Å². The number of hydrogen-bond donors (Lipinski definition) is 1. The van der Waals surface area contributed by atoms with Crippen LogP contribution in [-0.2, 0) is 6.18 Å². The normalized spacial score (nSPS) is 11.9. The first-order valence-corrected chi connectivity index (χ1v) is 5.53. The molecule has 0 radical (unpaired) electrons. The highest BCUT2D eigenvalue weighted by Crippen LogP contribution is 2.41. The molecule has 19 heavy (non-hydrogen) atoms. The number of halogens is 6. The number of rotatable bonds is 1. The summed E-state index contributed by atoms with van der Waals surface area (Å²) in [5, 5.41) is 2.43. The molecule has 0 atom stereocenters. The number of hydrogen-bond acceptors (Lipinski definition) is 2. The monoisotopic (exact) mass is 313 g/mol. The molecule has 9 heteroatoms. The second-order valence-corrected chi connectivity index (χ2v) is 4.33. The molecule has 2 rings (SSSR count). The van der Waals surface area contributed by atoms with Crippen LogP contribution in [0.15, 0.2) is 18.3 Å². The number of alkyl halides is 3. The zero-order valence-corrected chi connectivity index (χ0v) is 10.5. The van der Waals surface area contributed by atoms with E-state index in [1.165, 1.54) is 12.3 Å². The van der Waals surface area contributed by atoms with E-state index in [2.05, 4.69) is 5.10 Å². The van der Waals surface area contributed by atoms with Crippen molar-refractivity contribution in [2.75, 3.05) is 5.73 Å². The van der Waals surface area contributed by atoms with E-state index in [1.807, 2.05) is 0 Å². The Morgan fingerprint density at radius 1 is 1.26 bits per heavy atom. The number of aromatic nitrogens is 2. The standard InChI is InChI=1S/C10H5Cl2F4N3/c11-4-3-5(19-6(17)1-2-18-19)7(10(14,15)16)9(13)8(4)12/h1-3H,17H2. The summed E-state index contributed by atoms with van der Waals surface area (Å²) < 4.78 is 53.2. The zero-order valence-electron chi connectivity index (χ0n) is 8.97. The second kappa shape index (κ2) is 4.57. The Bertz CT molecular complexity index is 636. The fraction of sp³-hybridized carbons (Fsp3) is 0.100. The van der Waals surface area contributed by atoms with E-state index >= 15 is 0 Å². The Labute approximate surface area is 114 Å². The van der Waals surface area contributed by atoms with Crippen LogP contribution in [0.25, 0.3) is 5.69 Å². The molecule has 0 saturated heterocycles. The third-order valence-electron chi connectivity index (χ3n) is 2.33. The smallest absolute Gasteiger partial charge is 0.384 e. The third-order valence-corrected chi connectivity index (χ3v) is 3.09. The minimum absolute atomic E-state index is 0.0942. The topological polar surface area (TPSA) is 43.8 Å². The summed E-state index contributed by atoms with van der Waals surface area (Å²) in [6.07, 6.45) is -3.79. The van der Waals surface area contributed by atoms with Gasteiger partial charge in [-0.1, -0.05) is 23.2 Å². The average molecular weight is 314 g/mol. The lowest BCUT2D eigenvalue weighted by atomic mass is 10.1. The molecular weight excluding hydrogens is 309 g/mol. The van der Waals surface area contributed by atoms with Crippen LogP contribution in [0.3, 0.4) is 0 Å². The summed E-state index contributed by atoms with van der Waals surface area (Å²) in [5.74, 6) is -1.75. The van der Waals surface area contributed by atoms with Gasteiger partial charge >= 0.3 is 6.18 Å². The molecule has 0 bridgehead atoms. The van der Waals surface area contributed by atoms with Crippen LogP contribution >= 0.6 is 23.2 Å². The van der Waals surface area contributed by atoms with E-state index in [0.29, 0.717) is 0 Å². The molecule has 2 aromatic rings. The molecule has 0 aliphatic rings. The number of nitrogens with zero attached hydrogens (tertiary/aromatic N) is 2. The molecule has 0 fully saturated rings. The van der Waals surface area contributed by atoms with Gasteiger partial charge in [0.1, 0.15) is 11.4 Å². The largest absolute Gasteiger partial charge is 0.421 e. The summed E-state index contributed by atoms with van der Waals surface area (Å²) in [5.41, 5.74) is 3.26. The Morgan fingerprint density at radius 3 is 2.37 bits per heavy atom. The molecule has 0 amide bonds. The van der Waals surface area contributed by atoms with E-state index in [4.69, 9.17) is 28.9 Å². The van der Waals surface area contributed by atoms with E-state index < -0.39 is 28.3 Å². The number of anilines is 1. The van der Waals surface area contributed by atoms with E-state index in [9.17, 15) is 17.6 Å². The van der Waals surface area contributed by atoms with E-state index in [1.54, 1.807) is 0 Å². The van der Waals surface area contributed by atoms with Crippen LogP contribution in [0, 0.1) is 5.82 Å². The maximum atomic E-state index is 13.7. The molecule has 0 unspecified atom stereocenters. The number of nitrogens with two attached hydrogens (primary N) is 1. The predicted molar refractivity (Wildman–Crippen MR) is 63.0 cm³/mol.